The third kappa shape index (κ3) is 2.32. The molecule has 2 N–H and O–H groups in total. The summed E-state index contributed by atoms with van der Waals surface area (Å²) in [4.78, 5) is 8.82. The predicted molar refractivity (Wildman–Crippen MR) is 72.9 cm³/mol. The molecule has 1 aliphatic rings. The minimum absolute atomic E-state index is 0.470. The van der Waals surface area contributed by atoms with E-state index in [-0.39, 0.29) is 0 Å². The molecule has 0 aromatic carbocycles. The Morgan fingerprint density at radius 2 is 2.00 bits per heavy atom. The monoisotopic (exact) mass is 274 g/mol. The average molecular weight is 274 g/mol. The molecular formula is C14H18N4O2. The van der Waals surface area contributed by atoms with Crippen molar-refractivity contribution in [1.29, 1.82) is 0 Å². The van der Waals surface area contributed by atoms with Crippen molar-refractivity contribution in [1.82, 2.24) is 15.1 Å². The van der Waals surface area contributed by atoms with Crippen LogP contribution >= 0.6 is 0 Å². The van der Waals surface area contributed by atoms with Gasteiger partial charge in [0.1, 0.15) is 11.2 Å². The predicted octanol–water partition coefficient (Wildman–Crippen LogP) is 1.71. The van der Waals surface area contributed by atoms with E-state index in [1.54, 1.807) is 6.20 Å². The van der Waals surface area contributed by atoms with Crippen molar-refractivity contribution in [2.75, 3.05) is 13.2 Å². The van der Waals surface area contributed by atoms with Gasteiger partial charge in [-0.1, -0.05) is 11.2 Å². The number of pyridine rings is 1. The number of nitrogens with two attached hydrogens (primary N) is 1. The van der Waals surface area contributed by atoms with Crippen molar-refractivity contribution in [3.05, 3.63) is 29.3 Å². The summed E-state index contributed by atoms with van der Waals surface area (Å²) in [6, 6.07) is 2.05. The minimum Gasteiger partial charge on any atom is -0.381 e. The van der Waals surface area contributed by atoms with Gasteiger partial charge in [-0.2, -0.15) is 4.98 Å². The Bertz CT molecular complexity index is 617. The second-order valence-electron chi connectivity index (χ2n) is 5.37. The fourth-order valence-corrected chi connectivity index (χ4v) is 2.42. The highest BCUT2D eigenvalue weighted by Gasteiger charge is 2.36. The van der Waals surface area contributed by atoms with Gasteiger partial charge in [0.05, 0.1) is 0 Å². The van der Waals surface area contributed by atoms with E-state index >= 15 is 0 Å². The molecule has 0 bridgehead atoms. The molecule has 0 saturated carbocycles. The Labute approximate surface area is 117 Å². The zero-order chi connectivity index (χ0) is 14.2. The maximum atomic E-state index is 6.34. The van der Waals surface area contributed by atoms with Crippen molar-refractivity contribution in [3.63, 3.8) is 0 Å². The molecule has 0 spiro atoms. The molecule has 6 heteroatoms. The normalized spacial score (nSPS) is 18.1. The van der Waals surface area contributed by atoms with Crippen LogP contribution < -0.4 is 5.73 Å². The third-order valence-electron chi connectivity index (χ3n) is 3.66. The number of nitrogens with zero attached hydrogens (tertiary/aromatic N) is 3. The first kappa shape index (κ1) is 13.2. The van der Waals surface area contributed by atoms with Crippen LogP contribution in [0, 0.1) is 13.8 Å². The first-order valence-electron chi connectivity index (χ1n) is 6.73. The van der Waals surface area contributed by atoms with Gasteiger partial charge in [0.2, 0.25) is 11.7 Å². The molecule has 6 nitrogen and oxygen atoms in total. The molecule has 0 unspecified atom stereocenters. The van der Waals surface area contributed by atoms with Crippen LogP contribution in [0.5, 0.6) is 0 Å². The van der Waals surface area contributed by atoms with Crippen LogP contribution in [0.25, 0.3) is 11.5 Å². The molecule has 0 radical (unpaired) electrons. The Morgan fingerprint density at radius 3 is 2.70 bits per heavy atom. The van der Waals surface area contributed by atoms with Crippen LogP contribution in [-0.4, -0.2) is 28.3 Å². The molecule has 1 aliphatic heterocycles. The maximum absolute atomic E-state index is 6.34. The van der Waals surface area contributed by atoms with E-state index in [1.807, 2.05) is 19.9 Å². The van der Waals surface area contributed by atoms with Crippen molar-refractivity contribution in [2.45, 2.75) is 32.2 Å². The number of ether oxygens (including phenoxy) is 1. The van der Waals surface area contributed by atoms with Gasteiger partial charge in [0, 0.05) is 19.4 Å². The van der Waals surface area contributed by atoms with Crippen LogP contribution in [0.15, 0.2) is 16.8 Å². The molecule has 0 aliphatic carbocycles. The highest BCUT2D eigenvalue weighted by Crippen LogP contribution is 2.29. The lowest BCUT2D eigenvalue weighted by molar-refractivity contribution is 0.0400. The van der Waals surface area contributed by atoms with E-state index in [9.17, 15) is 0 Å². The molecule has 0 atom stereocenters. The standard InChI is InChI=1S/C14H18N4O2/c1-9-7-10(2)11(16-8-9)12-17-13(20-18-12)14(15)3-5-19-6-4-14/h7-8H,3-6,15H2,1-2H3. The van der Waals surface area contributed by atoms with E-state index in [1.165, 1.54) is 0 Å². The van der Waals surface area contributed by atoms with Crippen LogP contribution in [0.1, 0.15) is 29.9 Å². The second-order valence-corrected chi connectivity index (χ2v) is 5.37. The van der Waals surface area contributed by atoms with E-state index < -0.39 is 5.54 Å². The van der Waals surface area contributed by atoms with E-state index in [0.29, 0.717) is 37.8 Å². The van der Waals surface area contributed by atoms with Gasteiger partial charge >= 0.3 is 0 Å². The summed E-state index contributed by atoms with van der Waals surface area (Å²) in [7, 11) is 0. The highest BCUT2D eigenvalue weighted by atomic mass is 16.5. The van der Waals surface area contributed by atoms with Crippen LogP contribution in [0.3, 0.4) is 0 Å². The van der Waals surface area contributed by atoms with Gasteiger partial charge in [-0.3, -0.25) is 4.98 Å². The largest absolute Gasteiger partial charge is 0.381 e. The molecule has 20 heavy (non-hydrogen) atoms. The lowest BCUT2D eigenvalue weighted by Crippen LogP contribution is -2.42. The average Bonchev–Trinajstić information content (AvgIpc) is 2.90. The summed E-state index contributed by atoms with van der Waals surface area (Å²) in [5, 5.41) is 4.03. The van der Waals surface area contributed by atoms with Crippen molar-refractivity contribution >= 4 is 0 Å². The molecule has 1 saturated heterocycles. The lowest BCUT2D eigenvalue weighted by Gasteiger charge is -2.29. The summed E-state index contributed by atoms with van der Waals surface area (Å²) < 4.78 is 10.7. The van der Waals surface area contributed by atoms with E-state index in [2.05, 4.69) is 15.1 Å². The topological polar surface area (TPSA) is 87.1 Å². The first-order chi connectivity index (χ1) is 9.58. The second kappa shape index (κ2) is 4.96. The smallest absolute Gasteiger partial charge is 0.247 e. The van der Waals surface area contributed by atoms with Crippen molar-refractivity contribution in [3.8, 4) is 11.5 Å². The molecule has 2 aromatic heterocycles. The lowest BCUT2D eigenvalue weighted by atomic mass is 9.91. The SMILES string of the molecule is Cc1cnc(-c2noc(C3(N)CCOCC3)n2)c(C)c1. The molecule has 106 valence electrons. The molecule has 3 heterocycles. The fraction of sp³-hybridized carbons (Fsp3) is 0.500. The van der Waals surface area contributed by atoms with Gasteiger partial charge in [0.25, 0.3) is 0 Å². The first-order valence-corrected chi connectivity index (χ1v) is 6.73. The van der Waals surface area contributed by atoms with Crippen LogP contribution in [0.2, 0.25) is 0 Å². The van der Waals surface area contributed by atoms with Gasteiger partial charge in [0.15, 0.2) is 0 Å². The number of aromatic nitrogens is 3. The third-order valence-corrected chi connectivity index (χ3v) is 3.66. The number of rotatable bonds is 2. The molecule has 3 rings (SSSR count). The zero-order valence-corrected chi connectivity index (χ0v) is 11.7. The Morgan fingerprint density at radius 1 is 1.25 bits per heavy atom. The minimum atomic E-state index is -0.581. The van der Waals surface area contributed by atoms with Crippen molar-refractivity contribution < 1.29 is 9.26 Å². The number of aryl methyl sites for hydroxylation is 2. The molecule has 2 aromatic rings. The summed E-state index contributed by atoms with van der Waals surface area (Å²) in [6.45, 7) is 5.23. The van der Waals surface area contributed by atoms with Crippen LogP contribution in [0.4, 0.5) is 0 Å². The Hall–Kier alpha value is -1.79. The summed E-state index contributed by atoms with van der Waals surface area (Å²) in [6.07, 6.45) is 3.18. The van der Waals surface area contributed by atoms with E-state index in [4.69, 9.17) is 15.0 Å². The quantitative estimate of drug-likeness (QED) is 0.897. The summed E-state index contributed by atoms with van der Waals surface area (Å²) in [5.74, 6) is 0.964. The number of hydrogen-bond acceptors (Lipinski definition) is 6. The molecular weight excluding hydrogens is 256 g/mol. The Kier molecular flexibility index (Phi) is 3.27. The van der Waals surface area contributed by atoms with Gasteiger partial charge in [-0.25, -0.2) is 0 Å². The zero-order valence-electron chi connectivity index (χ0n) is 11.7. The van der Waals surface area contributed by atoms with Crippen LogP contribution in [-0.2, 0) is 10.3 Å². The van der Waals surface area contributed by atoms with Crippen molar-refractivity contribution in [2.24, 2.45) is 5.73 Å². The van der Waals surface area contributed by atoms with Gasteiger partial charge in [-0.05, 0) is 37.8 Å². The molecule has 1 fully saturated rings. The highest BCUT2D eigenvalue weighted by molar-refractivity contribution is 5.54. The fourth-order valence-electron chi connectivity index (χ4n) is 2.42. The van der Waals surface area contributed by atoms with Gasteiger partial charge in [-0.15, -0.1) is 0 Å². The summed E-state index contributed by atoms with van der Waals surface area (Å²) >= 11 is 0. The Balaban J connectivity index is 1.93. The van der Waals surface area contributed by atoms with Gasteiger partial charge < -0.3 is 15.0 Å². The van der Waals surface area contributed by atoms with E-state index in [0.717, 1.165) is 16.8 Å². The maximum Gasteiger partial charge on any atom is 0.247 e. The number of hydrogen-bond donors (Lipinski definition) is 1. The molecule has 0 amide bonds. The summed E-state index contributed by atoms with van der Waals surface area (Å²) in [5.41, 5.74) is 8.62.